The third-order valence-corrected chi connectivity index (χ3v) is 4.55. The number of nitrogens with zero attached hydrogens (tertiary/aromatic N) is 5. The fourth-order valence-electron chi connectivity index (χ4n) is 3.12. The molecule has 1 atom stereocenters. The Morgan fingerprint density at radius 3 is 2.71 bits per heavy atom. The number of ether oxygens (including phenoxy) is 1. The van der Waals surface area contributed by atoms with Gasteiger partial charge in [0, 0.05) is 5.56 Å². The Bertz CT molecular complexity index is 1140. The first-order valence-electron chi connectivity index (χ1n) is 8.57. The molecule has 4 aromatic rings. The van der Waals surface area contributed by atoms with Gasteiger partial charge in [-0.2, -0.15) is 4.98 Å². The zero-order valence-electron chi connectivity index (χ0n) is 14.4. The van der Waals surface area contributed by atoms with Gasteiger partial charge in [0.15, 0.2) is 5.69 Å². The number of rotatable bonds is 3. The molecule has 0 amide bonds. The van der Waals surface area contributed by atoms with Crippen molar-refractivity contribution in [2.75, 3.05) is 0 Å². The SMILES string of the molecule is Fc1ccc([C@H]2Cn3nnc(-c4nc(-c5cccc(F)c5)no4)c3CO2)cc1. The van der Waals surface area contributed by atoms with Gasteiger partial charge in [0.25, 0.3) is 5.89 Å². The number of benzene rings is 2. The molecule has 2 aromatic heterocycles. The van der Waals surface area contributed by atoms with Crippen molar-refractivity contribution in [2.24, 2.45) is 0 Å². The molecule has 0 fully saturated rings. The molecule has 5 rings (SSSR count). The van der Waals surface area contributed by atoms with Crippen molar-refractivity contribution in [1.82, 2.24) is 25.1 Å². The average Bonchev–Trinajstić information content (AvgIpc) is 3.35. The Morgan fingerprint density at radius 2 is 1.89 bits per heavy atom. The lowest BCUT2D eigenvalue weighted by Crippen LogP contribution is -2.22. The topological polar surface area (TPSA) is 78.9 Å². The van der Waals surface area contributed by atoms with Crippen LogP contribution in [0.3, 0.4) is 0 Å². The van der Waals surface area contributed by atoms with Crippen molar-refractivity contribution in [3.05, 3.63) is 71.4 Å². The molecule has 0 N–H and O–H groups in total. The molecule has 28 heavy (non-hydrogen) atoms. The molecule has 2 aromatic carbocycles. The second kappa shape index (κ2) is 6.61. The van der Waals surface area contributed by atoms with E-state index in [4.69, 9.17) is 9.26 Å². The Labute approximate surface area is 157 Å². The Morgan fingerprint density at radius 1 is 1.04 bits per heavy atom. The van der Waals surface area contributed by atoms with Crippen LogP contribution in [0.15, 0.2) is 53.1 Å². The van der Waals surface area contributed by atoms with E-state index in [0.717, 1.165) is 5.56 Å². The van der Waals surface area contributed by atoms with Crippen LogP contribution in [0.1, 0.15) is 17.4 Å². The summed E-state index contributed by atoms with van der Waals surface area (Å²) in [5.74, 6) is -0.236. The van der Waals surface area contributed by atoms with E-state index in [1.54, 1.807) is 28.9 Å². The highest BCUT2D eigenvalue weighted by Gasteiger charge is 2.28. The van der Waals surface area contributed by atoms with Crippen LogP contribution in [-0.4, -0.2) is 25.1 Å². The lowest BCUT2D eigenvalue weighted by atomic mass is 10.1. The van der Waals surface area contributed by atoms with Gasteiger partial charge >= 0.3 is 0 Å². The van der Waals surface area contributed by atoms with Gasteiger partial charge in [-0.1, -0.05) is 34.6 Å². The largest absolute Gasteiger partial charge is 0.365 e. The zero-order chi connectivity index (χ0) is 19.1. The molecule has 1 aliphatic heterocycles. The summed E-state index contributed by atoms with van der Waals surface area (Å²) < 4.78 is 39.4. The second-order valence-electron chi connectivity index (χ2n) is 6.35. The van der Waals surface area contributed by atoms with E-state index in [2.05, 4.69) is 20.5 Å². The van der Waals surface area contributed by atoms with Gasteiger partial charge in [-0.05, 0) is 29.8 Å². The van der Waals surface area contributed by atoms with Crippen molar-refractivity contribution in [3.8, 4) is 23.0 Å². The number of hydrogen-bond donors (Lipinski definition) is 0. The van der Waals surface area contributed by atoms with Gasteiger partial charge in [-0.3, -0.25) is 0 Å². The smallest absolute Gasteiger partial charge is 0.280 e. The monoisotopic (exact) mass is 381 g/mol. The standard InChI is InChI=1S/C19H13F2N5O2/c20-13-6-4-11(5-7-13)16-9-26-15(10-27-16)17(23-25-26)19-22-18(24-28-19)12-2-1-3-14(21)8-12/h1-8,16H,9-10H2/t16-/m1/s1. The Balaban J connectivity index is 1.42. The summed E-state index contributed by atoms with van der Waals surface area (Å²) in [6.45, 7) is 0.668. The summed E-state index contributed by atoms with van der Waals surface area (Å²) in [5, 5.41) is 12.2. The second-order valence-corrected chi connectivity index (χ2v) is 6.35. The normalized spacial score (nSPS) is 16.1. The van der Waals surface area contributed by atoms with E-state index in [9.17, 15) is 8.78 Å². The molecular formula is C19H13F2N5O2. The van der Waals surface area contributed by atoms with Crippen LogP contribution in [0.5, 0.6) is 0 Å². The first-order chi connectivity index (χ1) is 13.7. The molecule has 0 unspecified atom stereocenters. The van der Waals surface area contributed by atoms with E-state index < -0.39 is 0 Å². The van der Waals surface area contributed by atoms with E-state index in [1.165, 1.54) is 24.3 Å². The molecule has 9 heteroatoms. The van der Waals surface area contributed by atoms with Crippen LogP contribution in [-0.2, 0) is 17.9 Å². The minimum Gasteiger partial charge on any atom is -0.365 e. The third-order valence-electron chi connectivity index (χ3n) is 4.55. The average molecular weight is 381 g/mol. The van der Waals surface area contributed by atoms with Crippen LogP contribution in [0.2, 0.25) is 0 Å². The number of halogens is 2. The van der Waals surface area contributed by atoms with Crippen LogP contribution < -0.4 is 0 Å². The van der Waals surface area contributed by atoms with Gasteiger partial charge in [0.2, 0.25) is 5.82 Å². The summed E-state index contributed by atoms with van der Waals surface area (Å²) in [4.78, 5) is 4.30. The molecule has 7 nitrogen and oxygen atoms in total. The van der Waals surface area contributed by atoms with Crippen LogP contribution in [0.25, 0.3) is 23.0 Å². The highest BCUT2D eigenvalue weighted by atomic mass is 19.1. The van der Waals surface area contributed by atoms with E-state index in [0.29, 0.717) is 23.5 Å². The molecule has 0 radical (unpaired) electrons. The van der Waals surface area contributed by atoms with Crippen molar-refractivity contribution in [3.63, 3.8) is 0 Å². The van der Waals surface area contributed by atoms with E-state index >= 15 is 0 Å². The zero-order valence-corrected chi connectivity index (χ0v) is 14.4. The van der Waals surface area contributed by atoms with Gasteiger partial charge in [0.05, 0.1) is 18.8 Å². The molecule has 0 bridgehead atoms. The maximum atomic E-state index is 13.4. The fraction of sp³-hybridized carbons (Fsp3) is 0.158. The molecule has 0 saturated heterocycles. The number of aromatic nitrogens is 5. The van der Waals surface area contributed by atoms with E-state index in [-0.39, 0.29) is 36.1 Å². The highest BCUT2D eigenvalue weighted by Crippen LogP contribution is 2.31. The minimum absolute atomic E-state index is 0.185. The van der Waals surface area contributed by atoms with Crippen molar-refractivity contribution in [1.29, 1.82) is 0 Å². The lowest BCUT2D eigenvalue weighted by molar-refractivity contribution is -0.00120. The van der Waals surface area contributed by atoms with Crippen molar-refractivity contribution >= 4 is 0 Å². The molecule has 0 saturated carbocycles. The van der Waals surface area contributed by atoms with Crippen LogP contribution in [0.4, 0.5) is 8.78 Å². The lowest BCUT2D eigenvalue weighted by Gasteiger charge is -2.24. The van der Waals surface area contributed by atoms with Crippen molar-refractivity contribution in [2.45, 2.75) is 19.3 Å². The highest BCUT2D eigenvalue weighted by molar-refractivity contribution is 5.58. The molecule has 1 aliphatic rings. The first-order valence-corrected chi connectivity index (χ1v) is 8.57. The molecular weight excluding hydrogens is 368 g/mol. The van der Waals surface area contributed by atoms with E-state index in [1.807, 2.05) is 0 Å². The minimum atomic E-state index is -0.384. The summed E-state index contributed by atoms with van der Waals surface area (Å²) in [7, 11) is 0. The van der Waals surface area contributed by atoms with Crippen LogP contribution in [0, 0.1) is 11.6 Å². The summed E-state index contributed by atoms with van der Waals surface area (Å²) >= 11 is 0. The molecule has 3 heterocycles. The summed E-state index contributed by atoms with van der Waals surface area (Å²) in [6.07, 6.45) is -0.256. The fourth-order valence-corrected chi connectivity index (χ4v) is 3.12. The van der Waals surface area contributed by atoms with Gasteiger partial charge in [-0.15, -0.1) is 5.10 Å². The number of hydrogen-bond acceptors (Lipinski definition) is 6. The maximum absolute atomic E-state index is 13.4. The molecule has 140 valence electrons. The van der Waals surface area contributed by atoms with Crippen LogP contribution >= 0.6 is 0 Å². The van der Waals surface area contributed by atoms with Gasteiger partial charge in [0.1, 0.15) is 17.7 Å². The van der Waals surface area contributed by atoms with Gasteiger partial charge in [-0.25, -0.2) is 13.5 Å². The molecule has 0 aliphatic carbocycles. The summed E-state index contributed by atoms with van der Waals surface area (Å²) in [6, 6.07) is 12.1. The Hall–Kier alpha value is -3.46. The molecule has 0 spiro atoms. The Kier molecular flexibility index (Phi) is 3.94. The van der Waals surface area contributed by atoms with Gasteiger partial charge < -0.3 is 9.26 Å². The summed E-state index contributed by atoms with van der Waals surface area (Å²) in [5.41, 5.74) is 2.49. The quantitative estimate of drug-likeness (QED) is 0.540. The predicted molar refractivity (Wildman–Crippen MR) is 92.6 cm³/mol. The maximum Gasteiger partial charge on any atom is 0.280 e. The van der Waals surface area contributed by atoms with Crippen molar-refractivity contribution < 1.29 is 18.0 Å². The first kappa shape index (κ1) is 16.7. The number of fused-ring (bicyclic) bond motifs is 1. The third kappa shape index (κ3) is 2.95. The predicted octanol–water partition coefficient (Wildman–Crippen LogP) is 3.54.